The topological polar surface area (TPSA) is 9.23 Å². The van der Waals surface area contributed by atoms with E-state index in [0.717, 1.165) is 11.3 Å². The molecule has 0 radical (unpaired) electrons. The van der Waals surface area contributed by atoms with E-state index < -0.39 is 0 Å². The fourth-order valence-electron chi connectivity index (χ4n) is 1.19. The van der Waals surface area contributed by atoms with Crippen molar-refractivity contribution in [1.82, 2.24) is 0 Å². The van der Waals surface area contributed by atoms with E-state index in [9.17, 15) is 0 Å². The Kier molecular flexibility index (Phi) is 2.54. The summed E-state index contributed by atoms with van der Waals surface area (Å²) in [6.45, 7) is 7.98. The lowest BCUT2D eigenvalue weighted by Gasteiger charge is -2.07. The molecule has 0 aromatic heterocycles. The first-order chi connectivity index (χ1) is 5.65. The molecular formula is C11H14O. The van der Waals surface area contributed by atoms with Crippen LogP contribution in [0.4, 0.5) is 0 Å². The van der Waals surface area contributed by atoms with Crippen LogP contribution in [0.3, 0.4) is 0 Å². The minimum Gasteiger partial charge on any atom is -0.497 e. The summed E-state index contributed by atoms with van der Waals surface area (Å²) in [5.41, 5.74) is 3.49. The molecule has 12 heavy (non-hydrogen) atoms. The first-order valence-electron chi connectivity index (χ1n) is 3.95. The van der Waals surface area contributed by atoms with Crippen molar-refractivity contribution in [2.24, 2.45) is 0 Å². The molecule has 64 valence electrons. The van der Waals surface area contributed by atoms with Crippen LogP contribution < -0.4 is 4.74 Å². The lowest BCUT2D eigenvalue weighted by molar-refractivity contribution is 0.414. The largest absolute Gasteiger partial charge is 0.497 e. The van der Waals surface area contributed by atoms with Crippen LogP contribution in [0.5, 0.6) is 5.75 Å². The molecule has 0 saturated carbocycles. The van der Waals surface area contributed by atoms with Crippen molar-refractivity contribution in [3.8, 4) is 5.75 Å². The second-order valence-electron chi connectivity index (χ2n) is 2.96. The molecule has 0 heterocycles. The van der Waals surface area contributed by atoms with Crippen molar-refractivity contribution in [2.75, 3.05) is 7.11 Å². The second kappa shape index (κ2) is 3.44. The van der Waals surface area contributed by atoms with E-state index in [0.29, 0.717) is 0 Å². The van der Waals surface area contributed by atoms with E-state index in [1.807, 2.05) is 25.1 Å². The van der Waals surface area contributed by atoms with Crippen LogP contribution in [-0.4, -0.2) is 7.11 Å². The predicted octanol–water partition coefficient (Wildman–Crippen LogP) is 3.04. The molecule has 0 amide bonds. The molecule has 0 N–H and O–H groups in total. The molecule has 1 aromatic rings. The Morgan fingerprint density at radius 3 is 2.58 bits per heavy atom. The predicted molar refractivity (Wildman–Crippen MR) is 52.4 cm³/mol. The van der Waals surface area contributed by atoms with Gasteiger partial charge in [0.1, 0.15) is 5.75 Å². The first kappa shape index (κ1) is 8.85. The summed E-state index contributed by atoms with van der Waals surface area (Å²) in [7, 11) is 1.67. The van der Waals surface area contributed by atoms with Crippen molar-refractivity contribution in [3.63, 3.8) is 0 Å². The molecule has 1 aromatic carbocycles. The molecule has 0 atom stereocenters. The number of hydrogen-bond acceptors (Lipinski definition) is 1. The van der Waals surface area contributed by atoms with E-state index in [1.54, 1.807) is 7.11 Å². The van der Waals surface area contributed by atoms with Gasteiger partial charge in [-0.1, -0.05) is 18.2 Å². The number of hydrogen-bond donors (Lipinski definition) is 0. The quantitative estimate of drug-likeness (QED) is 0.649. The Morgan fingerprint density at radius 1 is 1.42 bits per heavy atom. The molecule has 0 saturated heterocycles. The smallest absolute Gasteiger partial charge is 0.119 e. The fraction of sp³-hybridized carbons (Fsp3) is 0.273. The van der Waals surface area contributed by atoms with Crippen LogP contribution in [0.15, 0.2) is 24.8 Å². The zero-order valence-electron chi connectivity index (χ0n) is 7.85. The molecule has 0 fully saturated rings. The molecular weight excluding hydrogens is 148 g/mol. The van der Waals surface area contributed by atoms with Gasteiger partial charge in [-0.15, -0.1) is 0 Å². The van der Waals surface area contributed by atoms with Crippen molar-refractivity contribution in [3.05, 3.63) is 35.9 Å². The van der Waals surface area contributed by atoms with Crippen LogP contribution in [0, 0.1) is 6.92 Å². The normalized spacial score (nSPS) is 9.58. The summed E-state index contributed by atoms with van der Waals surface area (Å²) in [6.07, 6.45) is 0. The van der Waals surface area contributed by atoms with E-state index in [1.165, 1.54) is 11.1 Å². The Bertz CT molecular complexity index is 300. The fourth-order valence-corrected chi connectivity index (χ4v) is 1.19. The van der Waals surface area contributed by atoms with Crippen LogP contribution >= 0.6 is 0 Å². The van der Waals surface area contributed by atoms with Gasteiger partial charge in [-0.25, -0.2) is 0 Å². The maximum atomic E-state index is 5.12. The number of ether oxygens (including phenoxy) is 1. The van der Waals surface area contributed by atoms with Gasteiger partial charge in [-0.2, -0.15) is 0 Å². The van der Waals surface area contributed by atoms with Gasteiger partial charge in [0.05, 0.1) is 7.11 Å². The molecule has 0 bridgehead atoms. The standard InChI is InChI=1S/C11H14O/c1-8(2)11-7-10(12-4)6-5-9(11)3/h5-7H,1H2,2-4H3. The van der Waals surface area contributed by atoms with Crippen LogP contribution in [-0.2, 0) is 0 Å². The number of rotatable bonds is 2. The van der Waals surface area contributed by atoms with Crippen LogP contribution in [0.1, 0.15) is 18.1 Å². The van der Waals surface area contributed by atoms with E-state index in [4.69, 9.17) is 4.74 Å². The van der Waals surface area contributed by atoms with Crippen molar-refractivity contribution in [1.29, 1.82) is 0 Å². The third-order valence-corrected chi connectivity index (χ3v) is 1.90. The average molecular weight is 162 g/mol. The maximum Gasteiger partial charge on any atom is 0.119 e. The molecule has 0 aliphatic heterocycles. The molecule has 1 heteroatoms. The molecule has 0 aliphatic carbocycles. The van der Waals surface area contributed by atoms with Gasteiger partial charge < -0.3 is 4.74 Å². The zero-order chi connectivity index (χ0) is 9.14. The van der Waals surface area contributed by atoms with Gasteiger partial charge in [0.2, 0.25) is 0 Å². The molecule has 1 rings (SSSR count). The van der Waals surface area contributed by atoms with Crippen molar-refractivity contribution in [2.45, 2.75) is 13.8 Å². The maximum absolute atomic E-state index is 5.12. The van der Waals surface area contributed by atoms with Crippen LogP contribution in [0.25, 0.3) is 5.57 Å². The average Bonchev–Trinajstić information content (AvgIpc) is 2.05. The van der Waals surface area contributed by atoms with Gasteiger partial charge in [0.25, 0.3) is 0 Å². The van der Waals surface area contributed by atoms with Gasteiger partial charge in [-0.05, 0) is 37.1 Å². The highest BCUT2D eigenvalue weighted by molar-refractivity contribution is 5.65. The molecule has 0 unspecified atom stereocenters. The number of methoxy groups -OCH3 is 1. The minimum absolute atomic E-state index is 0.888. The van der Waals surface area contributed by atoms with Crippen molar-refractivity contribution >= 4 is 5.57 Å². The third kappa shape index (κ3) is 1.67. The first-order valence-corrected chi connectivity index (χ1v) is 3.95. The highest BCUT2D eigenvalue weighted by Gasteiger charge is 2.00. The molecule has 0 spiro atoms. The highest BCUT2D eigenvalue weighted by atomic mass is 16.5. The summed E-state index contributed by atoms with van der Waals surface area (Å²) >= 11 is 0. The van der Waals surface area contributed by atoms with E-state index in [-0.39, 0.29) is 0 Å². The zero-order valence-corrected chi connectivity index (χ0v) is 7.85. The Labute approximate surface area is 73.7 Å². The summed E-state index contributed by atoms with van der Waals surface area (Å²) < 4.78 is 5.12. The molecule has 0 aliphatic rings. The third-order valence-electron chi connectivity index (χ3n) is 1.90. The summed E-state index contributed by atoms with van der Waals surface area (Å²) in [6, 6.07) is 6.02. The van der Waals surface area contributed by atoms with Gasteiger partial charge in [0.15, 0.2) is 0 Å². The monoisotopic (exact) mass is 162 g/mol. The lowest BCUT2D eigenvalue weighted by atomic mass is 10.0. The van der Waals surface area contributed by atoms with Crippen molar-refractivity contribution < 1.29 is 4.74 Å². The summed E-state index contributed by atoms with van der Waals surface area (Å²) in [5.74, 6) is 0.888. The minimum atomic E-state index is 0.888. The van der Waals surface area contributed by atoms with Crippen LogP contribution in [0.2, 0.25) is 0 Å². The molecule has 1 nitrogen and oxygen atoms in total. The number of benzene rings is 1. The number of allylic oxidation sites excluding steroid dienone is 1. The summed E-state index contributed by atoms with van der Waals surface area (Å²) in [5, 5.41) is 0. The van der Waals surface area contributed by atoms with Gasteiger partial charge in [-0.3, -0.25) is 0 Å². The number of aryl methyl sites for hydroxylation is 1. The Morgan fingerprint density at radius 2 is 2.08 bits per heavy atom. The van der Waals surface area contributed by atoms with E-state index >= 15 is 0 Å². The van der Waals surface area contributed by atoms with Gasteiger partial charge >= 0.3 is 0 Å². The highest BCUT2D eigenvalue weighted by Crippen LogP contribution is 2.22. The lowest BCUT2D eigenvalue weighted by Crippen LogP contribution is -1.88. The Balaban J connectivity index is 3.17. The second-order valence-corrected chi connectivity index (χ2v) is 2.96. The Hall–Kier alpha value is -1.24. The SMILES string of the molecule is C=C(C)c1cc(OC)ccc1C. The van der Waals surface area contributed by atoms with Gasteiger partial charge in [0, 0.05) is 0 Å². The van der Waals surface area contributed by atoms with E-state index in [2.05, 4.69) is 13.5 Å². The summed E-state index contributed by atoms with van der Waals surface area (Å²) in [4.78, 5) is 0.